The van der Waals surface area contributed by atoms with Crippen LogP contribution in [0, 0.1) is 0 Å². The van der Waals surface area contributed by atoms with E-state index in [1.54, 1.807) is 0 Å². The molecule has 0 saturated carbocycles. The molecule has 0 aromatic carbocycles. The molecule has 0 spiro atoms. The summed E-state index contributed by atoms with van der Waals surface area (Å²) >= 11 is 2.00. The number of aromatic nitrogens is 3. The molecule has 17 heavy (non-hydrogen) atoms. The molecule has 4 nitrogen and oxygen atoms in total. The molecule has 0 saturated heterocycles. The molecule has 98 valence electrons. The summed E-state index contributed by atoms with van der Waals surface area (Å²) in [5.74, 6) is 1.07. The molecule has 0 aliphatic heterocycles. The van der Waals surface area contributed by atoms with Crippen LogP contribution < -0.4 is 5.32 Å². The Hall–Kier alpha value is -0.550. The van der Waals surface area contributed by atoms with Crippen LogP contribution in [0.5, 0.6) is 0 Å². The van der Waals surface area contributed by atoms with Gasteiger partial charge in [-0.25, -0.2) is 4.68 Å². The molecule has 1 aromatic heterocycles. The highest BCUT2D eigenvalue weighted by Gasteiger charge is 2.16. The molecule has 2 unspecified atom stereocenters. The molecule has 2 atom stereocenters. The summed E-state index contributed by atoms with van der Waals surface area (Å²) in [6.45, 7) is 7.61. The number of nitrogens with zero attached hydrogens (tertiary/aromatic N) is 3. The van der Waals surface area contributed by atoms with E-state index in [4.69, 9.17) is 0 Å². The van der Waals surface area contributed by atoms with Gasteiger partial charge in [0.05, 0.1) is 17.9 Å². The van der Waals surface area contributed by atoms with Crippen LogP contribution in [-0.4, -0.2) is 33.0 Å². The van der Waals surface area contributed by atoms with E-state index in [9.17, 15) is 0 Å². The minimum Gasteiger partial charge on any atom is -0.311 e. The fraction of sp³-hybridized carbons (Fsp3) is 0.833. The van der Waals surface area contributed by atoms with Gasteiger partial charge < -0.3 is 5.32 Å². The SMILES string of the molecule is CCCn1nncc1C(CSC(C)CC)NC. The standard InChI is InChI=1S/C12H24N4S/c1-5-7-16-12(8-14-15-16)11(13-4)9-17-10(3)6-2/h8,10-11,13H,5-7,9H2,1-4H3. The molecule has 0 bridgehead atoms. The van der Waals surface area contributed by atoms with E-state index < -0.39 is 0 Å². The first-order valence-electron chi connectivity index (χ1n) is 6.40. The first kappa shape index (κ1) is 14.5. The zero-order valence-corrected chi connectivity index (χ0v) is 12.1. The van der Waals surface area contributed by atoms with Crippen molar-refractivity contribution >= 4 is 11.8 Å². The average Bonchev–Trinajstić information content (AvgIpc) is 2.78. The predicted molar refractivity (Wildman–Crippen MR) is 74.3 cm³/mol. The summed E-state index contributed by atoms with van der Waals surface area (Å²) in [6, 6.07) is 0.343. The van der Waals surface area contributed by atoms with Crippen molar-refractivity contribution in [2.45, 2.75) is 51.4 Å². The van der Waals surface area contributed by atoms with Gasteiger partial charge in [-0.2, -0.15) is 11.8 Å². The van der Waals surface area contributed by atoms with Crippen LogP contribution in [0.4, 0.5) is 0 Å². The van der Waals surface area contributed by atoms with E-state index in [1.165, 1.54) is 12.1 Å². The summed E-state index contributed by atoms with van der Waals surface area (Å²) in [6.07, 6.45) is 4.19. The number of thioether (sulfide) groups is 1. The second-order valence-corrected chi connectivity index (χ2v) is 5.75. The molecule has 1 N–H and O–H groups in total. The number of hydrogen-bond donors (Lipinski definition) is 1. The van der Waals surface area contributed by atoms with E-state index in [0.29, 0.717) is 11.3 Å². The van der Waals surface area contributed by atoms with Gasteiger partial charge in [0.15, 0.2) is 0 Å². The molecule has 1 rings (SSSR count). The Labute approximate surface area is 109 Å². The highest BCUT2D eigenvalue weighted by molar-refractivity contribution is 7.99. The molecule has 5 heteroatoms. The molecule has 1 heterocycles. The lowest BCUT2D eigenvalue weighted by Crippen LogP contribution is -2.23. The fourth-order valence-corrected chi connectivity index (χ4v) is 2.71. The van der Waals surface area contributed by atoms with E-state index in [-0.39, 0.29) is 0 Å². The van der Waals surface area contributed by atoms with Crippen LogP contribution in [-0.2, 0) is 6.54 Å². The summed E-state index contributed by atoms with van der Waals surface area (Å²) < 4.78 is 2.01. The van der Waals surface area contributed by atoms with Crippen molar-refractivity contribution in [3.63, 3.8) is 0 Å². The van der Waals surface area contributed by atoms with Crippen molar-refractivity contribution in [1.82, 2.24) is 20.3 Å². The van der Waals surface area contributed by atoms with Gasteiger partial charge in [-0.15, -0.1) is 5.10 Å². The smallest absolute Gasteiger partial charge is 0.0764 e. The van der Waals surface area contributed by atoms with Crippen LogP contribution in [0.15, 0.2) is 6.20 Å². The first-order chi connectivity index (χ1) is 8.22. The predicted octanol–water partition coefficient (Wildman–Crippen LogP) is 2.48. The number of nitrogens with one attached hydrogen (secondary N) is 1. The molecule has 0 fully saturated rings. The number of rotatable bonds is 8. The van der Waals surface area contributed by atoms with Gasteiger partial charge in [0.2, 0.25) is 0 Å². The third-order valence-corrected chi connectivity index (χ3v) is 4.34. The third-order valence-electron chi connectivity index (χ3n) is 2.91. The lowest BCUT2D eigenvalue weighted by atomic mass is 10.2. The zero-order valence-electron chi connectivity index (χ0n) is 11.3. The van der Waals surface area contributed by atoms with Crippen molar-refractivity contribution in [3.8, 4) is 0 Å². The van der Waals surface area contributed by atoms with Crippen LogP contribution in [0.25, 0.3) is 0 Å². The van der Waals surface area contributed by atoms with Gasteiger partial charge in [-0.05, 0) is 19.9 Å². The topological polar surface area (TPSA) is 42.7 Å². The van der Waals surface area contributed by atoms with Crippen LogP contribution in [0.2, 0.25) is 0 Å². The Morgan fingerprint density at radius 2 is 2.24 bits per heavy atom. The number of aryl methyl sites for hydroxylation is 1. The monoisotopic (exact) mass is 256 g/mol. The summed E-state index contributed by atoms with van der Waals surface area (Å²) in [5.41, 5.74) is 1.20. The quantitative estimate of drug-likeness (QED) is 0.776. The molecular weight excluding hydrogens is 232 g/mol. The van der Waals surface area contributed by atoms with Crippen molar-refractivity contribution in [3.05, 3.63) is 11.9 Å². The Morgan fingerprint density at radius 1 is 1.47 bits per heavy atom. The Balaban J connectivity index is 2.62. The van der Waals surface area contributed by atoms with Crippen molar-refractivity contribution < 1.29 is 0 Å². The van der Waals surface area contributed by atoms with Gasteiger partial charge >= 0.3 is 0 Å². The van der Waals surface area contributed by atoms with Gasteiger partial charge in [-0.1, -0.05) is 26.0 Å². The maximum atomic E-state index is 4.14. The fourth-order valence-electron chi connectivity index (χ4n) is 1.62. The maximum absolute atomic E-state index is 4.14. The normalized spacial score (nSPS) is 14.8. The maximum Gasteiger partial charge on any atom is 0.0764 e. The van der Waals surface area contributed by atoms with Gasteiger partial charge in [-0.3, -0.25) is 0 Å². The largest absolute Gasteiger partial charge is 0.311 e. The van der Waals surface area contributed by atoms with Crippen molar-refractivity contribution in [1.29, 1.82) is 0 Å². The lowest BCUT2D eigenvalue weighted by Gasteiger charge is -2.18. The van der Waals surface area contributed by atoms with E-state index in [1.807, 2.05) is 29.7 Å². The Bertz CT molecular complexity index is 313. The van der Waals surface area contributed by atoms with Crippen LogP contribution in [0.1, 0.15) is 45.3 Å². The van der Waals surface area contributed by atoms with E-state index >= 15 is 0 Å². The van der Waals surface area contributed by atoms with Gasteiger partial charge in [0.25, 0.3) is 0 Å². The van der Waals surface area contributed by atoms with Gasteiger partial charge in [0, 0.05) is 17.5 Å². The molecule has 0 radical (unpaired) electrons. The summed E-state index contributed by atoms with van der Waals surface area (Å²) in [5, 5.41) is 12.2. The molecular formula is C12H24N4S. The summed E-state index contributed by atoms with van der Waals surface area (Å²) in [7, 11) is 2.01. The van der Waals surface area contributed by atoms with Crippen molar-refractivity contribution in [2.24, 2.45) is 0 Å². The first-order valence-corrected chi connectivity index (χ1v) is 7.45. The van der Waals surface area contributed by atoms with E-state index in [2.05, 4.69) is 36.4 Å². The van der Waals surface area contributed by atoms with Crippen LogP contribution in [0.3, 0.4) is 0 Å². The second-order valence-electron chi connectivity index (χ2n) is 4.28. The number of hydrogen-bond acceptors (Lipinski definition) is 4. The van der Waals surface area contributed by atoms with Crippen molar-refractivity contribution in [2.75, 3.05) is 12.8 Å². The third kappa shape index (κ3) is 4.32. The highest BCUT2D eigenvalue weighted by Crippen LogP contribution is 2.22. The molecule has 0 aliphatic carbocycles. The molecule has 1 aromatic rings. The molecule has 0 aliphatic rings. The summed E-state index contributed by atoms with van der Waals surface area (Å²) in [4.78, 5) is 0. The molecule has 0 amide bonds. The minimum absolute atomic E-state index is 0.343. The minimum atomic E-state index is 0.343. The zero-order chi connectivity index (χ0) is 12.7. The average molecular weight is 256 g/mol. The van der Waals surface area contributed by atoms with Gasteiger partial charge in [0.1, 0.15) is 0 Å². The Kier molecular flexibility index (Phi) is 6.58. The highest BCUT2D eigenvalue weighted by atomic mass is 32.2. The second kappa shape index (κ2) is 7.71. The lowest BCUT2D eigenvalue weighted by molar-refractivity contribution is 0.514. The van der Waals surface area contributed by atoms with E-state index in [0.717, 1.165) is 18.7 Å². The Morgan fingerprint density at radius 3 is 2.82 bits per heavy atom. The van der Waals surface area contributed by atoms with Crippen LogP contribution >= 0.6 is 11.8 Å².